The molecule has 0 radical (unpaired) electrons. The van der Waals surface area contributed by atoms with Gasteiger partial charge in [0.2, 0.25) is 5.91 Å². The number of nitrogens with one attached hydrogen (secondary N) is 1. The third-order valence-electron chi connectivity index (χ3n) is 2.52. The highest BCUT2D eigenvalue weighted by Gasteiger charge is 2.12. The van der Waals surface area contributed by atoms with Gasteiger partial charge in [-0.15, -0.1) is 0 Å². The molecule has 0 atom stereocenters. The smallest absolute Gasteiger partial charge is 0.323 e. The van der Waals surface area contributed by atoms with Crippen molar-refractivity contribution in [2.75, 3.05) is 20.2 Å². The summed E-state index contributed by atoms with van der Waals surface area (Å²) in [6.07, 6.45) is 1.16. The van der Waals surface area contributed by atoms with Gasteiger partial charge in [0.1, 0.15) is 0 Å². The van der Waals surface area contributed by atoms with Gasteiger partial charge in [-0.2, -0.15) is 0 Å². The van der Waals surface area contributed by atoms with Crippen LogP contribution in [0.2, 0.25) is 0 Å². The van der Waals surface area contributed by atoms with Crippen molar-refractivity contribution in [3.05, 3.63) is 0 Å². The van der Waals surface area contributed by atoms with Gasteiger partial charge in [0.25, 0.3) is 0 Å². The van der Waals surface area contributed by atoms with E-state index in [1.54, 1.807) is 7.05 Å². The van der Waals surface area contributed by atoms with E-state index in [1.807, 2.05) is 13.8 Å². The predicted octanol–water partition coefficient (Wildman–Crippen LogP) is 1.22. The quantitative estimate of drug-likeness (QED) is 0.622. The molecule has 7 nitrogen and oxygen atoms in total. The average molecular weight is 288 g/mol. The van der Waals surface area contributed by atoms with Crippen LogP contribution in [-0.2, 0) is 14.3 Å². The summed E-state index contributed by atoms with van der Waals surface area (Å²) < 4.78 is 5.31. The third-order valence-corrected chi connectivity index (χ3v) is 2.52. The molecule has 0 unspecified atom stereocenters. The van der Waals surface area contributed by atoms with Crippen LogP contribution in [0.1, 0.15) is 39.5 Å². The van der Waals surface area contributed by atoms with Crippen LogP contribution in [-0.4, -0.2) is 54.2 Å². The number of carbonyl (C=O) groups is 3. The van der Waals surface area contributed by atoms with Gasteiger partial charge in [0.05, 0.1) is 12.7 Å². The van der Waals surface area contributed by atoms with Crippen molar-refractivity contribution in [2.45, 2.75) is 45.6 Å². The van der Waals surface area contributed by atoms with E-state index >= 15 is 0 Å². The molecule has 0 rings (SSSR count). The van der Waals surface area contributed by atoms with E-state index in [0.29, 0.717) is 26.0 Å². The van der Waals surface area contributed by atoms with Crippen LogP contribution in [0.25, 0.3) is 0 Å². The highest BCUT2D eigenvalue weighted by molar-refractivity contribution is 5.94. The second-order valence-electron chi connectivity index (χ2n) is 4.80. The predicted molar refractivity (Wildman–Crippen MR) is 73.4 cm³/mol. The van der Waals surface area contributed by atoms with Gasteiger partial charge in [-0.3, -0.25) is 14.9 Å². The molecule has 0 saturated carbocycles. The van der Waals surface area contributed by atoms with Crippen molar-refractivity contribution >= 4 is 17.9 Å². The number of carbonyl (C=O) groups excluding carboxylic acids is 2. The molecular weight excluding hydrogens is 264 g/mol. The summed E-state index contributed by atoms with van der Waals surface area (Å²) in [6, 6.07) is -0.472. The van der Waals surface area contributed by atoms with Gasteiger partial charge >= 0.3 is 12.0 Å². The average Bonchev–Trinajstić information content (AvgIpc) is 2.33. The number of carboxylic acids is 1. The van der Waals surface area contributed by atoms with E-state index in [9.17, 15) is 14.4 Å². The number of hydrogen-bond donors (Lipinski definition) is 2. The van der Waals surface area contributed by atoms with E-state index in [-0.39, 0.29) is 18.9 Å². The Balaban J connectivity index is 3.77. The van der Waals surface area contributed by atoms with Crippen molar-refractivity contribution < 1.29 is 24.2 Å². The largest absolute Gasteiger partial charge is 0.481 e. The minimum atomic E-state index is -0.883. The number of nitrogens with zero attached hydrogens (tertiary/aromatic N) is 1. The fraction of sp³-hybridized carbons (Fsp3) is 0.769. The number of rotatable bonds is 9. The molecule has 2 N–H and O–H groups in total. The minimum Gasteiger partial charge on any atom is -0.481 e. The van der Waals surface area contributed by atoms with Gasteiger partial charge in [-0.25, -0.2) is 4.79 Å². The molecular formula is C13H24N2O5. The van der Waals surface area contributed by atoms with Crippen LogP contribution in [0, 0.1) is 0 Å². The number of aliphatic carboxylic acids is 1. The number of unbranched alkanes of at least 4 members (excludes halogenated alkanes) is 1. The lowest BCUT2D eigenvalue weighted by molar-refractivity contribution is -0.137. The van der Waals surface area contributed by atoms with E-state index in [0.717, 1.165) is 0 Å². The molecule has 0 aromatic rings. The van der Waals surface area contributed by atoms with Gasteiger partial charge in [0.15, 0.2) is 0 Å². The maximum Gasteiger partial charge on any atom is 0.323 e. The van der Waals surface area contributed by atoms with E-state index in [4.69, 9.17) is 9.84 Å². The molecule has 0 saturated heterocycles. The van der Waals surface area contributed by atoms with Crippen molar-refractivity contribution in [3.63, 3.8) is 0 Å². The number of amides is 3. The molecule has 7 heteroatoms. The zero-order valence-electron chi connectivity index (χ0n) is 12.3. The van der Waals surface area contributed by atoms with E-state index < -0.39 is 17.9 Å². The molecule has 0 fully saturated rings. The summed E-state index contributed by atoms with van der Waals surface area (Å²) in [6.45, 7) is 4.62. The fourth-order valence-corrected chi connectivity index (χ4v) is 1.37. The maximum absolute atomic E-state index is 11.6. The zero-order valence-corrected chi connectivity index (χ0v) is 12.3. The van der Waals surface area contributed by atoms with Crippen molar-refractivity contribution in [2.24, 2.45) is 0 Å². The topological polar surface area (TPSA) is 95.9 Å². The highest BCUT2D eigenvalue weighted by Crippen LogP contribution is 2.00. The van der Waals surface area contributed by atoms with Crippen LogP contribution in [0.4, 0.5) is 4.79 Å². The Hall–Kier alpha value is -1.63. The first-order chi connectivity index (χ1) is 9.32. The first-order valence-electron chi connectivity index (χ1n) is 6.71. The van der Waals surface area contributed by atoms with Crippen molar-refractivity contribution in [3.8, 4) is 0 Å². The molecule has 0 spiro atoms. The number of carboxylic acid groups (broad SMARTS) is 1. The number of likely N-dealkylation sites (N-methyl/N-ethyl adjacent to an activating group) is 1. The van der Waals surface area contributed by atoms with Gasteiger partial charge in [-0.1, -0.05) is 0 Å². The minimum absolute atomic E-state index is 0.0354. The molecule has 0 aromatic carbocycles. The van der Waals surface area contributed by atoms with Crippen LogP contribution in [0.3, 0.4) is 0 Å². The lowest BCUT2D eigenvalue weighted by atomic mass is 10.2. The van der Waals surface area contributed by atoms with Crippen LogP contribution < -0.4 is 5.32 Å². The second kappa shape index (κ2) is 10.2. The van der Waals surface area contributed by atoms with Crippen molar-refractivity contribution in [1.82, 2.24) is 10.2 Å². The number of ether oxygens (including phenoxy) is 1. The Morgan fingerprint density at radius 3 is 2.35 bits per heavy atom. The Kier molecular flexibility index (Phi) is 9.36. The Morgan fingerprint density at radius 1 is 1.20 bits per heavy atom. The maximum atomic E-state index is 11.6. The molecule has 0 aliphatic rings. The molecule has 0 bridgehead atoms. The summed E-state index contributed by atoms with van der Waals surface area (Å²) in [4.78, 5) is 34.7. The highest BCUT2D eigenvalue weighted by atomic mass is 16.5. The molecule has 0 heterocycles. The number of imide groups is 1. The summed E-state index contributed by atoms with van der Waals surface area (Å²) in [7, 11) is 1.58. The van der Waals surface area contributed by atoms with Crippen LogP contribution >= 0.6 is 0 Å². The number of hydrogen-bond acceptors (Lipinski definition) is 4. The summed E-state index contributed by atoms with van der Waals surface area (Å²) in [5, 5.41) is 10.7. The SMILES string of the molecule is CC(C)OCCN(C)C(=O)NC(=O)CCCCC(=O)O. The Labute approximate surface area is 119 Å². The fourth-order valence-electron chi connectivity index (χ4n) is 1.37. The van der Waals surface area contributed by atoms with Gasteiger partial charge in [-0.05, 0) is 26.7 Å². The lowest BCUT2D eigenvalue weighted by Crippen LogP contribution is -2.42. The van der Waals surface area contributed by atoms with E-state index in [2.05, 4.69) is 5.32 Å². The third kappa shape index (κ3) is 10.3. The van der Waals surface area contributed by atoms with E-state index in [1.165, 1.54) is 4.90 Å². The molecule has 0 aliphatic heterocycles. The Morgan fingerprint density at radius 2 is 1.80 bits per heavy atom. The first kappa shape index (κ1) is 18.4. The normalized spacial score (nSPS) is 10.4. The lowest BCUT2D eigenvalue weighted by Gasteiger charge is -2.18. The molecule has 20 heavy (non-hydrogen) atoms. The van der Waals surface area contributed by atoms with Gasteiger partial charge in [0, 0.05) is 26.4 Å². The first-order valence-corrected chi connectivity index (χ1v) is 6.71. The Bertz CT molecular complexity index is 331. The summed E-state index contributed by atoms with van der Waals surface area (Å²) in [5.74, 6) is -1.27. The molecule has 0 aromatic heterocycles. The van der Waals surface area contributed by atoms with Crippen LogP contribution in [0.15, 0.2) is 0 Å². The molecule has 0 aliphatic carbocycles. The van der Waals surface area contributed by atoms with Crippen molar-refractivity contribution in [1.29, 1.82) is 0 Å². The van der Waals surface area contributed by atoms with Crippen LogP contribution in [0.5, 0.6) is 0 Å². The summed E-state index contributed by atoms with van der Waals surface area (Å²) >= 11 is 0. The summed E-state index contributed by atoms with van der Waals surface area (Å²) in [5.41, 5.74) is 0. The standard InChI is InChI=1S/C13H24N2O5/c1-10(2)20-9-8-15(3)13(19)14-11(16)6-4-5-7-12(17)18/h10H,4-9H2,1-3H3,(H,17,18)(H,14,16,19). The second-order valence-corrected chi connectivity index (χ2v) is 4.80. The molecule has 116 valence electrons. The molecule has 3 amide bonds. The van der Waals surface area contributed by atoms with Gasteiger partial charge < -0.3 is 14.7 Å². The monoisotopic (exact) mass is 288 g/mol. The zero-order chi connectivity index (χ0) is 15.5. The number of urea groups is 1.